The summed E-state index contributed by atoms with van der Waals surface area (Å²) in [6, 6.07) is 9.24. The Kier molecular flexibility index (Phi) is 11.5. The maximum Gasteiger partial charge on any atom is 0.302 e. The van der Waals surface area contributed by atoms with Crippen molar-refractivity contribution >= 4 is 52.0 Å². The summed E-state index contributed by atoms with van der Waals surface area (Å²) < 4.78 is 15.5. The summed E-state index contributed by atoms with van der Waals surface area (Å²) in [5, 5.41) is 22.5. The lowest BCUT2D eigenvalue weighted by atomic mass is 10.2. The Morgan fingerprint density at radius 1 is 1.03 bits per heavy atom. The Hall–Kier alpha value is -3.77. The lowest BCUT2D eigenvalue weighted by Crippen LogP contribution is -2.32. The van der Waals surface area contributed by atoms with Crippen LogP contribution in [0.1, 0.15) is 20.8 Å². The van der Waals surface area contributed by atoms with Gasteiger partial charge in [0.1, 0.15) is 31.3 Å². The quantitative estimate of drug-likeness (QED) is 0.0905. The standard InChI is InChI=1S/C23H28ClN5O7/c1-4-34-15-25-23-14-18(28(9-11-35-16(2)30)10-12-36-17(3)31)5-8-22(23)27-26-21-7-6-19(29(32)33)13-20(21)24/h5-8,13-14,25H,4,9-12,15H2,1-3H3/b27-26+. The SMILES string of the molecule is CCOCNc1cc(N(CCOC(C)=O)CCOC(C)=O)ccc1/N=N/c1ccc([N+](=O)[O-])cc1Cl. The minimum atomic E-state index is -0.546. The van der Waals surface area contributed by atoms with Crippen LogP contribution < -0.4 is 10.2 Å². The molecule has 1 N–H and O–H groups in total. The predicted octanol–water partition coefficient (Wildman–Crippen LogP) is 5.00. The third-order valence-electron chi connectivity index (χ3n) is 4.65. The molecule has 0 bridgehead atoms. The smallest absolute Gasteiger partial charge is 0.302 e. The van der Waals surface area contributed by atoms with Crippen molar-refractivity contribution in [2.24, 2.45) is 10.2 Å². The van der Waals surface area contributed by atoms with Gasteiger partial charge in [0.2, 0.25) is 0 Å². The molecule has 0 saturated heterocycles. The molecule has 0 fully saturated rings. The first-order chi connectivity index (χ1) is 17.2. The molecule has 0 unspecified atom stereocenters. The molecule has 0 aliphatic rings. The van der Waals surface area contributed by atoms with E-state index in [4.69, 9.17) is 25.8 Å². The number of hydrogen-bond acceptors (Lipinski definition) is 11. The number of nitro groups is 1. The second-order valence-electron chi connectivity index (χ2n) is 7.28. The fourth-order valence-corrected chi connectivity index (χ4v) is 3.16. The minimum absolute atomic E-state index is 0.0931. The number of benzene rings is 2. The summed E-state index contributed by atoms with van der Waals surface area (Å²) in [6.07, 6.45) is 0. The molecule has 0 aliphatic carbocycles. The minimum Gasteiger partial charge on any atom is -0.464 e. The van der Waals surface area contributed by atoms with Crippen molar-refractivity contribution in [3.63, 3.8) is 0 Å². The molecule has 0 saturated carbocycles. The molecule has 12 nitrogen and oxygen atoms in total. The molecule has 0 amide bonds. The van der Waals surface area contributed by atoms with E-state index in [1.807, 2.05) is 17.9 Å². The number of non-ortho nitro benzene ring substituents is 1. The number of azo groups is 1. The van der Waals surface area contributed by atoms with Crippen molar-refractivity contribution in [1.29, 1.82) is 0 Å². The molecule has 0 radical (unpaired) electrons. The Morgan fingerprint density at radius 2 is 1.64 bits per heavy atom. The second-order valence-corrected chi connectivity index (χ2v) is 7.68. The molecule has 13 heteroatoms. The first-order valence-corrected chi connectivity index (χ1v) is 11.4. The predicted molar refractivity (Wildman–Crippen MR) is 134 cm³/mol. The van der Waals surface area contributed by atoms with E-state index in [0.717, 1.165) is 5.69 Å². The van der Waals surface area contributed by atoms with Gasteiger partial charge in [0, 0.05) is 38.3 Å². The third kappa shape index (κ3) is 9.47. The van der Waals surface area contributed by atoms with Crippen LogP contribution in [0.15, 0.2) is 46.6 Å². The molecular formula is C23H28ClN5O7. The van der Waals surface area contributed by atoms with Crippen LogP contribution in [0.4, 0.5) is 28.4 Å². The molecule has 0 atom stereocenters. The zero-order valence-corrected chi connectivity index (χ0v) is 21.0. The van der Waals surface area contributed by atoms with Gasteiger partial charge in [-0.05, 0) is 31.2 Å². The number of rotatable bonds is 14. The van der Waals surface area contributed by atoms with Gasteiger partial charge < -0.3 is 24.4 Å². The van der Waals surface area contributed by atoms with E-state index in [1.165, 1.54) is 32.0 Å². The Balaban J connectivity index is 2.32. The van der Waals surface area contributed by atoms with Crippen LogP contribution in [0, 0.1) is 10.1 Å². The average molecular weight is 522 g/mol. The van der Waals surface area contributed by atoms with Gasteiger partial charge in [0.05, 0.1) is 28.7 Å². The Bertz CT molecular complexity index is 1080. The maximum absolute atomic E-state index is 11.2. The van der Waals surface area contributed by atoms with Gasteiger partial charge in [-0.1, -0.05) is 11.6 Å². The first-order valence-electron chi connectivity index (χ1n) is 11.0. The Morgan fingerprint density at radius 3 is 2.19 bits per heavy atom. The average Bonchev–Trinajstić information content (AvgIpc) is 2.82. The molecule has 0 aromatic heterocycles. The summed E-state index contributed by atoms with van der Waals surface area (Å²) in [5.41, 5.74) is 1.93. The first kappa shape index (κ1) is 28.5. The number of nitro benzene ring substituents is 1. The summed E-state index contributed by atoms with van der Waals surface area (Å²) in [4.78, 5) is 34.6. The van der Waals surface area contributed by atoms with Crippen LogP contribution in [-0.4, -0.2) is 56.5 Å². The number of halogens is 1. The van der Waals surface area contributed by atoms with E-state index < -0.39 is 16.9 Å². The number of hydrogen-bond donors (Lipinski definition) is 1. The third-order valence-corrected chi connectivity index (χ3v) is 4.96. The van der Waals surface area contributed by atoms with Gasteiger partial charge >= 0.3 is 11.9 Å². The maximum atomic E-state index is 11.2. The largest absolute Gasteiger partial charge is 0.464 e. The number of nitrogens with one attached hydrogen (secondary N) is 1. The van der Waals surface area contributed by atoms with Crippen LogP contribution in [-0.2, 0) is 23.8 Å². The number of ether oxygens (including phenoxy) is 3. The highest BCUT2D eigenvalue weighted by Crippen LogP contribution is 2.34. The lowest BCUT2D eigenvalue weighted by Gasteiger charge is -2.25. The molecule has 2 rings (SSSR count). The van der Waals surface area contributed by atoms with Crippen molar-refractivity contribution in [2.45, 2.75) is 20.8 Å². The van der Waals surface area contributed by atoms with Crippen LogP contribution in [0.25, 0.3) is 0 Å². The van der Waals surface area contributed by atoms with Gasteiger partial charge in [0.25, 0.3) is 5.69 Å². The van der Waals surface area contributed by atoms with Gasteiger partial charge in [0.15, 0.2) is 0 Å². The van der Waals surface area contributed by atoms with E-state index in [0.29, 0.717) is 31.1 Å². The van der Waals surface area contributed by atoms with E-state index in [2.05, 4.69) is 15.5 Å². The lowest BCUT2D eigenvalue weighted by molar-refractivity contribution is -0.384. The van der Waals surface area contributed by atoms with Crippen molar-refractivity contribution < 1.29 is 28.7 Å². The van der Waals surface area contributed by atoms with Crippen LogP contribution in [0.5, 0.6) is 0 Å². The Labute approximate surface area is 213 Å². The monoisotopic (exact) mass is 521 g/mol. The highest BCUT2D eigenvalue weighted by molar-refractivity contribution is 6.33. The van der Waals surface area contributed by atoms with Gasteiger partial charge in [-0.2, -0.15) is 0 Å². The van der Waals surface area contributed by atoms with E-state index in [-0.39, 0.29) is 36.3 Å². The fourth-order valence-electron chi connectivity index (χ4n) is 2.95. The number of carbonyl (C=O) groups excluding carboxylic acids is 2. The summed E-state index contributed by atoms with van der Waals surface area (Å²) in [5.74, 6) is -0.788. The molecule has 36 heavy (non-hydrogen) atoms. The molecule has 2 aromatic carbocycles. The molecule has 0 aliphatic heterocycles. The van der Waals surface area contributed by atoms with Crippen molar-refractivity contribution in [1.82, 2.24) is 0 Å². The van der Waals surface area contributed by atoms with E-state index >= 15 is 0 Å². The van der Waals surface area contributed by atoms with Gasteiger partial charge in [-0.3, -0.25) is 19.7 Å². The second kappa shape index (κ2) is 14.6. The van der Waals surface area contributed by atoms with Gasteiger partial charge in [-0.25, -0.2) is 0 Å². The molecule has 0 spiro atoms. The summed E-state index contributed by atoms with van der Waals surface area (Å²) in [7, 11) is 0. The topological polar surface area (TPSA) is 145 Å². The summed E-state index contributed by atoms with van der Waals surface area (Å²) >= 11 is 6.12. The zero-order chi connectivity index (χ0) is 26.5. The molecular weight excluding hydrogens is 494 g/mol. The van der Waals surface area contributed by atoms with Crippen molar-refractivity contribution in [3.8, 4) is 0 Å². The van der Waals surface area contributed by atoms with E-state index in [1.54, 1.807) is 12.1 Å². The normalized spacial score (nSPS) is 10.8. The van der Waals surface area contributed by atoms with Crippen LogP contribution in [0.3, 0.4) is 0 Å². The number of carbonyl (C=O) groups is 2. The number of anilines is 2. The fraction of sp³-hybridized carbons (Fsp3) is 0.391. The van der Waals surface area contributed by atoms with Crippen molar-refractivity contribution in [3.05, 3.63) is 51.5 Å². The highest BCUT2D eigenvalue weighted by Gasteiger charge is 2.13. The summed E-state index contributed by atoms with van der Waals surface area (Å²) in [6.45, 7) is 6.26. The molecule has 2 aromatic rings. The van der Waals surface area contributed by atoms with Gasteiger partial charge in [-0.15, -0.1) is 10.2 Å². The van der Waals surface area contributed by atoms with Crippen LogP contribution in [0.2, 0.25) is 5.02 Å². The highest BCUT2D eigenvalue weighted by atomic mass is 35.5. The zero-order valence-electron chi connectivity index (χ0n) is 20.2. The molecule has 194 valence electrons. The number of esters is 2. The number of nitrogens with zero attached hydrogens (tertiary/aromatic N) is 4. The molecule has 0 heterocycles. The van der Waals surface area contributed by atoms with Crippen LogP contribution >= 0.6 is 11.6 Å². The van der Waals surface area contributed by atoms with E-state index in [9.17, 15) is 19.7 Å². The van der Waals surface area contributed by atoms with Crippen molar-refractivity contribution in [2.75, 3.05) is 49.9 Å².